The van der Waals surface area contributed by atoms with E-state index >= 15 is 0 Å². The summed E-state index contributed by atoms with van der Waals surface area (Å²) in [6.45, 7) is 7.88. The highest BCUT2D eigenvalue weighted by molar-refractivity contribution is 5.79. The zero-order valence-electron chi connectivity index (χ0n) is 6.84. The van der Waals surface area contributed by atoms with E-state index in [1.807, 2.05) is 13.0 Å². The smallest absolute Gasteiger partial charge is 0.234 e. The van der Waals surface area contributed by atoms with Gasteiger partial charge in [0.25, 0.3) is 0 Å². The maximum atomic E-state index is 11.0. The lowest BCUT2D eigenvalue weighted by molar-refractivity contribution is -0.125. The number of nitrogens with zero attached hydrogens (tertiary/aromatic N) is 1. The Labute approximate surface area is 67.1 Å². The van der Waals surface area contributed by atoms with Gasteiger partial charge in [0.05, 0.1) is 6.54 Å². The number of piperazine rings is 1. The number of carbonyl (C=O) groups excluding carboxylic acids is 1. The van der Waals surface area contributed by atoms with Crippen molar-refractivity contribution < 1.29 is 4.79 Å². The summed E-state index contributed by atoms with van der Waals surface area (Å²) < 4.78 is 0. The molecular weight excluding hydrogens is 140 g/mol. The van der Waals surface area contributed by atoms with Crippen LogP contribution in [0.3, 0.4) is 0 Å². The van der Waals surface area contributed by atoms with Crippen LogP contribution in [0, 0.1) is 0 Å². The van der Waals surface area contributed by atoms with Crippen molar-refractivity contribution in [3.63, 3.8) is 0 Å². The third kappa shape index (κ3) is 2.35. The van der Waals surface area contributed by atoms with Crippen molar-refractivity contribution in [2.24, 2.45) is 0 Å². The first-order valence-corrected chi connectivity index (χ1v) is 3.85. The molecule has 0 spiro atoms. The van der Waals surface area contributed by atoms with Gasteiger partial charge in [0.1, 0.15) is 0 Å². The quantitative estimate of drug-likeness (QED) is 0.567. The van der Waals surface area contributed by atoms with E-state index in [2.05, 4.69) is 16.8 Å². The highest BCUT2D eigenvalue weighted by Crippen LogP contribution is 1.98. The minimum Gasteiger partial charge on any atom is -0.351 e. The molecule has 0 aliphatic carbocycles. The highest BCUT2D eigenvalue weighted by Gasteiger charge is 2.19. The molecule has 1 saturated heterocycles. The van der Waals surface area contributed by atoms with Crippen LogP contribution in [-0.2, 0) is 4.79 Å². The fourth-order valence-electron chi connectivity index (χ4n) is 1.34. The molecular formula is C8H14N2O. The second-order valence-electron chi connectivity index (χ2n) is 2.95. The number of amides is 1. The summed E-state index contributed by atoms with van der Waals surface area (Å²) in [7, 11) is 0. The second-order valence-corrected chi connectivity index (χ2v) is 2.95. The molecule has 3 heteroatoms. The van der Waals surface area contributed by atoms with E-state index < -0.39 is 0 Å². The van der Waals surface area contributed by atoms with Gasteiger partial charge < -0.3 is 5.32 Å². The van der Waals surface area contributed by atoms with E-state index in [1.54, 1.807) is 0 Å². The predicted molar refractivity (Wildman–Crippen MR) is 44.2 cm³/mol. The van der Waals surface area contributed by atoms with Crippen molar-refractivity contribution in [2.75, 3.05) is 19.6 Å². The molecule has 1 amide bonds. The number of hydrogen-bond donors (Lipinski definition) is 1. The van der Waals surface area contributed by atoms with Gasteiger partial charge in [0, 0.05) is 19.1 Å². The summed E-state index contributed by atoms with van der Waals surface area (Å²) in [6.07, 6.45) is 1.82. The Hall–Kier alpha value is -0.830. The van der Waals surface area contributed by atoms with Crippen LogP contribution in [0.2, 0.25) is 0 Å². The van der Waals surface area contributed by atoms with E-state index in [-0.39, 0.29) is 11.9 Å². The molecule has 0 saturated carbocycles. The Balaban J connectivity index is 2.42. The maximum Gasteiger partial charge on any atom is 0.234 e. The average Bonchev–Trinajstić information content (AvgIpc) is 1.85. The topological polar surface area (TPSA) is 32.3 Å². The largest absolute Gasteiger partial charge is 0.351 e. The Morgan fingerprint density at radius 2 is 2.64 bits per heavy atom. The highest BCUT2D eigenvalue weighted by atomic mass is 16.2. The van der Waals surface area contributed by atoms with Gasteiger partial charge in [-0.05, 0) is 6.92 Å². The molecule has 1 N–H and O–H groups in total. The van der Waals surface area contributed by atoms with Crippen LogP contribution in [0.4, 0.5) is 0 Å². The summed E-state index contributed by atoms with van der Waals surface area (Å²) in [4.78, 5) is 13.1. The van der Waals surface area contributed by atoms with Gasteiger partial charge in [-0.15, -0.1) is 6.58 Å². The molecule has 11 heavy (non-hydrogen) atoms. The van der Waals surface area contributed by atoms with Gasteiger partial charge in [-0.1, -0.05) is 6.08 Å². The Morgan fingerprint density at radius 3 is 3.18 bits per heavy atom. The van der Waals surface area contributed by atoms with Crippen LogP contribution >= 0.6 is 0 Å². The lowest BCUT2D eigenvalue weighted by Crippen LogP contribution is -2.52. The molecule has 62 valence electrons. The van der Waals surface area contributed by atoms with Crippen molar-refractivity contribution in [3.05, 3.63) is 12.7 Å². The van der Waals surface area contributed by atoms with E-state index in [1.165, 1.54) is 0 Å². The molecule has 1 aliphatic rings. The third-order valence-electron chi connectivity index (χ3n) is 1.69. The van der Waals surface area contributed by atoms with Crippen molar-refractivity contribution in [1.29, 1.82) is 0 Å². The lowest BCUT2D eigenvalue weighted by atomic mass is 10.2. The van der Waals surface area contributed by atoms with E-state index in [0.717, 1.165) is 13.1 Å². The number of carbonyl (C=O) groups is 1. The molecule has 0 radical (unpaired) electrons. The van der Waals surface area contributed by atoms with E-state index in [9.17, 15) is 4.79 Å². The van der Waals surface area contributed by atoms with Gasteiger partial charge in [-0.2, -0.15) is 0 Å². The molecule has 0 aromatic rings. The van der Waals surface area contributed by atoms with Gasteiger partial charge in [0.15, 0.2) is 0 Å². The zero-order valence-corrected chi connectivity index (χ0v) is 6.84. The number of rotatable bonds is 2. The second kappa shape index (κ2) is 3.53. The van der Waals surface area contributed by atoms with Crippen LogP contribution in [0.5, 0.6) is 0 Å². The van der Waals surface area contributed by atoms with Gasteiger partial charge >= 0.3 is 0 Å². The Kier molecular flexibility index (Phi) is 2.65. The van der Waals surface area contributed by atoms with Crippen molar-refractivity contribution >= 4 is 5.91 Å². The average molecular weight is 154 g/mol. The van der Waals surface area contributed by atoms with E-state index in [4.69, 9.17) is 0 Å². The van der Waals surface area contributed by atoms with Crippen LogP contribution in [0.25, 0.3) is 0 Å². The minimum atomic E-state index is 0.116. The summed E-state index contributed by atoms with van der Waals surface area (Å²) in [6, 6.07) is 0.274. The minimum absolute atomic E-state index is 0.116. The maximum absolute atomic E-state index is 11.0. The normalized spacial score (nSPS) is 26.3. The van der Waals surface area contributed by atoms with Crippen molar-refractivity contribution in [3.8, 4) is 0 Å². The van der Waals surface area contributed by atoms with Crippen molar-refractivity contribution in [2.45, 2.75) is 13.0 Å². The van der Waals surface area contributed by atoms with Crippen LogP contribution in [-0.4, -0.2) is 36.5 Å². The molecule has 0 unspecified atom stereocenters. The molecule has 1 aliphatic heterocycles. The number of hydrogen-bond acceptors (Lipinski definition) is 2. The molecule has 0 aromatic heterocycles. The molecule has 1 rings (SSSR count). The molecule has 1 fully saturated rings. The fraction of sp³-hybridized carbons (Fsp3) is 0.625. The Morgan fingerprint density at radius 1 is 1.91 bits per heavy atom. The van der Waals surface area contributed by atoms with Crippen LogP contribution in [0.15, 0.2) is 12.7 Å². The monoisotopic (exact) mass is 154 g/mol. The van der Waals surface area contributed by atoms with Crippen LogP contribution < -0.4 is 5.32 Å². The Bertz CT molecular complexity index is 167. The fourth-order valence-corrected chi connectivity index (χ4v) is 1.34. The van der Waals surface area contributed by atoms with Crippen LogP contribution in [0.1, 0.15) is 6.92 Å². The summed E-state index contributed by atoms with van der Waals surface area (Å²) in [5.41, 5.74) is 0. The zero-order chi connectivity index (χ0) is 8.27. The molecule has 1 atom stereocenters. The molecule has 1 heterocycles. The SMILES string of the molecule is C=CCN1CC(=O)N[C@H](C)C1. The summed E-state index contributed by atoms with van der Waals surface area (Å²) in [5, 5.41) is 2.85. The standard InChI is InChI=1S/C8H14N2O/c1-3-4-10-5-7(2)9-8(11)6-10/h3,7H,1,4-6H2,2H3,(H,9,11)/t7-/m1/s1. The number of nitrogens with one attached hydrogen (secondary N) is 1. The van der Waals surface area contributed by atoms with Gasteiger partial charge in [0.2, 0.25) is 5.91 Å². The summed E-state index contributed by atoms with van der Waals surface area (Å²) >= 11 is 0. The van der Waals surface area contributed by atoms with Crippen molar-refractivity contribution in [1.82, 2.24) is 10.2 Å². The summed E-state index contributed by atoms with van der Waals surface area (Å²) in [5.74, 6) is 0.116. The van der Waals surface area contributed by atoms with E-state index in [0.29, 0.717) is 6.54 Å². The third-order valence-corrected chi connectivity index (χ3v) is 1.69. The molecule has 0 aromatic carbocycles. The first-order chi connectivity index (χ1) is 5.22. The first kappa shape index (κ1) is 8.27. The molecule has 3 nitrogen and oxygen atoms in total. The molecule has 0 bridgehead atoms. The lowest BCUT2D eigenvalue weighted by Gasteiger charge is -2.29. The van der Waals surface area contributed by atoms with Gasteiger partial charge in [-0.3, -0.25) is 9.69 Å². The van der Waals surface area contributed by atoms with Gasteiger partial charge in [-0.25, -0.2) is 0 Å². The predicted octanol–water partition coefficient (Wildman–Crippen LogP) is -0.00730. The first-order valence-electron chi connectivity index (χ1n) is 3.85.